The Morgan fingerprint density at radius 2 is 1.96 bits per heavy atom. The number of hydrogen-bond donors (Lipinski definition) is 0. The van der Waals surface area contributed by atoms with E-state index in [1.807, 2.05) is 64.8 Å². The summed E-state index contributed by atoms with van der Waals surface area (Å²) in [4.78, 5) is 16.3. The third-order valence-corrected chi connectivity index (χ3v) is 6.48. The lowest BCUT2D eigenvalue weighted by Crippen LogP contribution is -2.31. The number of benzene rings is 1. The molecule has 1 aliphatic rings. The molecule has 3 aromatic rings. The molecule has 0 bridgehead atoms. The average Bonchev–Trinajstić information content (AvgIpc) is 3.39. The second kappa shape index (κ2) is 8.03. The molecule has 0 atom stereocenters. The number of aromatic nitrogens is 2. The average molecular weight is 426 g/mol. The molecule has 0 N–H and O–H groups in total. The first kappa shape index (κ1) is 19.1. The fourth-order valence-electron chi connectivity index (χ4n) is 2.97. The minimum Gasteiger partial charge on any atom is -0.293 e. The summed E-state index contributed by atoms with van der Waals surface area (Å²) >= 11 is 8.43. The van der Waals surface area contributed by atoms with Gasteiger partial charge in [0.25, 0.3) is 5.91 Å². The lowest BCUT2D eigenvalue weighted by Gasteiger charge is -2.16. The third-order valence-electron chi connectivity index (χ3n) is 4.23. The Kier molecular flexibility index (Phi) is 5.48. The van der Waals surface area contributed by atoms with Crippen LogP contribution >= 0.6 is 35.3 Å². The first-order valence-corrected chi connectivity index (χ1v) is 11.1. The van der Waals surface area contributed by atoms with Crippen molar-refractivity contribution in [1.29, 1.82) is 0 Å². The SMILES string of the molecule is CC(C)CN1C(=O)/C(=C\c2cn(-c3ccccc3)nc2-c2cccs2)SC1=S. The van der Waals surface area contributed by atoms with E-state index in [0.29, 0.717) is 21.7 Å². The standard InChI is InChI=1S/C21H19N3OS3/c1-14(2)12-23-20(25)18(28-21(23)26)11-15-13-24(16-7-4-3-5-8-16)22-19(15)17-9-6-10-27-17/h3-11,13-14H,12H2,1-2H3/b18-11+. The summed E-state index contributed by atoms with van der Waals surface area (Å²) in [6.07, 6.45) is 3.89. The predicted molar refractivity (Wildman–Crippen MR) is 122 cm³/mol. The maximum Gasteiger partial charge on any atom is 0.266 e. The van der Waals surface area contributed by atoms with Gasteiger partial charge in [0.1, 0.15) is 10.0 Å². The lowest BCUT2D eigenvalue weighted by atomic mass is 10.2. The Balaban J connectivity index is 1.75. The van der Waals surface area contributed by atoms with E-state index in [1.165, 1.54) is 11.8 Å². The number of nitrogens with zero attached hydrogens (tertiary/aromatic N) is 3. The van der Waals surface area contributed by atoms with Gasteiger partial charge in [-0.15, -0.1) is 11.3 Å². The molecule has 7 heteroatoms. The molecule has 142 valence electrons. The lowest BCUT2D eigenvalue weighted by molar-refractivity contribution is -0.122. The molecule has 0 aliphatic carbocycles. The summed E-state index contributed by atoms with van der Waals surface area (Å²) < 4.78 is 2.48. The van der Waals surface area contributed by atoms with Gasteiger partial charge in [0.05, 0.1) is 15.5 Å². The van der Waals surface area contributed by atoms with Gasteiger partial charge in [-0.05, 0) is 35.6 Å². The number of thiophene rings is 1. The van der Waals surface area contributed by atoms with E-state index in [4.69, 9.17) is 17.3 Å². The topological polar surface area (TPSA) is 38.1 Å². The van der Waals surface area contributed by atoms with Crippen LogP contribution in [0.5, 0.6) is 0 Å². The highest BCUT2D eigenvalue weighted by Gasteiger charge is 2.32. The Labute approximate surface area is 177 Å². The highest BCUT2D eigenvalue weighted by Crippen LogP contribution is 2.36. The van der Waals surface area contributed by atoms with Crippen molar-refractivity contribution in [2.24, 2.45) is 5.92 Å². The number of carbonyl (C=O) groups excluding carboxylic acids is 1. The van der Waals surface area contributed by atoms with Crippen LogP contribution in [-0.4, -0.2) is 31.5 Å². The molecule has 2 aromatic heterocycles. The van der Waals surface area contributed by atoms with Crippen molar-refractivity contribution in [3.8, 4) is 16.3 Å². The molecule has 0 radical (unpaired) electrons. The molecule has 28 heavy (non-hydrogen) atoms. The fourth-order valence-corrected chi connectivity index (χ4v) is 4.97. The van der Waals surface area contributed by atoms with Crippen molar-refractivity contribution >= 4 is 51.6 Å². The van der Waals surface area contributed by atoms with Gasteiger partial charge in [-0.1, -0.05) is 62.1 Å². The first-order valence-electron chi connectivity index (χ1n) is 8.97. The van der Waals surface area contributed by atoms with E-state index in [1.54, 1.807) is 16.2 Å². The normalized spacial score (nSPS) is 16.0. The molecule has 1 aromatic carbocycles. The van der Waals surface area contributed by atoms with Gasteiger partial charge < -0.3 is 0 Å². The molecule has 1 aliphatic heterocycles. The Morgan fingerprint density at radius 1 is 1.18 bits per heavy atom. The molecule has 0 unspecified atom stereocenters. The van der Waals surface area contributed by atoms with Crippen LogP contribution < -0.4 is 0 Å². The van der Waals surface area contributed by atoms with E-state index >= 15 is 0 Å². The summed E-state index contributed by atoms with van der Waals surface area (Å²) in [5, 5.41) is 6.82. The maximum atomic E-state index is 12.9. The number of carbonyl (C=O) groups is 1. The molecular weight excluding hydrogens is 406 g/mol. The van der Waals surface area contributed by atoms with E-state index in [2.05, 4.69) is 13.8 Å². The Morgan fingerprint density at radius 3 is 2.64 bits per heavy atom. The van der Waals surface area contributed by atoms with E-state index < -0.39 is 0 Å². The molecule has 0 saturated carbocycles. The number of rotatable bonds is 5. The molecule has 0 spiro atoms. The van der Waals surface area contributed by atoms with Gasteiger partial charge in [-0.3, -0.25) is 9.69 Å². The van der Waals surface area contributed by atoms with E-state index in [0.717, 1.165) is 21.8 Å². The zero-order valence-corrected chi connectivity index (χ0v) is 18.0. The van der Waals surface area contributed by atoms with Crippen LogP contribution in [-0.2, 0) is 4.79 Å². The van der Waals surface area contributed by atoms with Crippen LogP contribution in [0.15, 0.2) is 58.9 Å². The number of hydrogen-bond acceptors (Lipinski definition) is 5. The zero-order chi connectivity index (χ0) is 19.7. The number of thioether (sulfide) groups is 1. The van der Waals surface area contributed by atoms with Gasteiger partial charge in [-0.2, -0.15) is 5.10 Å². The van der Waals surface area contributed by atoms with E-state index in [-0.39, 0.29) is 5.91 Å². The maximum absolute atomic E-state index is 12.9. The number of amides is 1. The van der Waals surface area contributed by atoms with Crippen LogP contribution in [0.25, 0.3) is 22.3 Å². The molecule has 1 saturated heterocycles. The second-order valence-corrected chi connectivity index (χ2v) is 9.50. The molecule has 1 amide bonds. The minimum absolute atomic E-state index is 0.0201. The Bertz CT molecular complexity index is 1040. The third kappa shape index (κ3) is 3.83. The number of para-hydroxylation sites is 1. The predicted octanol–water partition coefficient (Wildman–Crippen LogP) is 5.46. The van der Waals surface area contributed by atoms with Crippen molar-refractivity contribution in [1.82, 2.24) is 14.7 Å². The van der Waals surface area contributed by atoms with Gasteiger partial charge >= 0.3 is 0 Å². The fraction of sp³-hybridized carbons (Fsp3) is 0.190. The van der Waals surface area contributed by atoms with Crippen molar-refractivity contribution in [3.05, 3.63) is 64.5 Å². The monoisotopic (exact) mass is 425 g/mol. The molecule has 4 nitrogen and oxygen atoms in total. The number of thiocarbonyl (C=S) groups is 1. The smallest absolute Gasteiger partial charge is 0.266 e. The van der Waals surface area contributed by atoms with Gasteiger partial charge in [0, 0.05) is 18.3 Å². The van der Waals surface area contributed by atoms with Crippen LogP contribution in [0.4, 0.5) is 0 Å². The minimum atomic E-state index is -0.0201. The van der Waals surface area contributed by atoms with Crippen molar-refractivity contribution in [3.63, 3.8) is 0 Å². The van der Waals surface area contributed by atoms with Crippen LogP contribution in [0, 0.1) is 5.92 Å². The summed E-state index contributed by atoms with van der Waals surface area (Å²) in [6, 6.07) is 14.0. The molecule has 4 rings (SSSR count). The summed E-state index contributed by atoms with van der Waals surface area (Å²) in [6.45, 7) is 4.81. The zero-order valence-electron chi connectivity index (χ0n) is 15.5. The highest BCUT2D eigenvalue weighted by atomic mass is 32.2. The van der Waals surface area contributed by atoms with E-state index in [9.17, 15) is 4.79 Å². The van der Waals surface area contributed by atoms with Gasteiger partial charge in [0.2, 0.25) is 0 Å². The highest BCUT2D eigenvalue weighted by molar-refractivity contribution is 8.26. The molecule has 1 fully saturated rings. The van der Waals surface area contributed by atoms with Crippen LogP contribution in [0.2, 0.25) is 0 Å². The van der Waals surface area contributed by atoms with Gasteiger partial charge in [0.15, 0.2) is 0 Å². The van der Waals surface area contributed by atoms with Crippen LogP contribution in [0.3, 0.4) is 0 Å². The first-order chi connectivity index (χ1) is 13.5. The summed E-state index contributed by atoms with van der Waals surface area (Å²) in [5.74, 6) is 0.345. The second-order valence-electron chi connectivity index (χ2n) is 6.88. The summed E-state index contributed by atoms with van der Waals surface area (Å²) in [5.41, 5.74) is 2.76. The Hall–Kier alpha value is -2.22. The summed E-state index contributed by atoms with van der Waals surface area (Å²) in [7, 11) is 0. The van der Waals surface area contributed by atoms with Crippen molar-refractivity contribution in [2.75, 3.05) is 6.54 Å². The van der Waals surface area contributed by atoms with Gasteiger partial charge in [-0.25, -0.2) is 4.68 Å². The largest absolute Gasteiger partial charge is 0.293 e. The quantitative estimate of drug-likeness (QED) is 0.402. The van der Waals surface area contributed by atoms with Crippen molar-refractivity contribution in [2.45, 2.75) is 13.8 Å². The van der Waals surface area contributed by atoms with Crippen molar-refractivity contribution < 1.29 is 4.79 Å². The van der Waals surface area contributed by atoms with Crippen LogP contribution in [0.1, 0.15) is 19.4 Å². The molecular formula is C21H19N3OS3. The molecule has 3 heterocycles.